The highest BCUT2D eigenvalue weighted by atomic mass is 32.2. The van der Waals surface area contributed by atoms with Gasteiger partial charge in [0.05, 0.1) is 0 Å². The van der Waals surface area contributed by atoms with Crippen LogP contribution in [0.1, 0.15) is 17.3 Å². The molecule has 0 aliphatic rings. The third-order valence-corrected chi connectivity index (χ3v) is 2.82. The minimum Gasteiger partial charge on any atom is -0.301 e. The molecule has 0 atom stereocenters. The quantitative estimate of drug-likeness (QED) is 0.657. The average molecular weight is 247 g/mol. The van der Waals surface area contributed by atoms with E-state index in [0.29, 0.717) is 15.7 Å². The third kappa shape index (κ3) is 3.01. The minimum absolute atomic E-state index is 0.0243. The fourth-order valence-corrected chi connectivity index (χ4v) is 1.95. The molecule has 0 unspecified atom stereocenters. The van der Waals surface area contributed by atoms with Gasteiger partial charge in [0.2, 0.25) is 0 Å². The van der Waals surface area contributed by atoms with Crippen molar-refractivity contribution in [3.63, 3.8) is 0 Å². The molecule has 0 radical (unpaired) electrons. The van der Waals surface area contributed by atoms with Crippen molar-refractivity contribution in [1.82, 2.24) is 15.0 Å². The van der Waals surface area contributed by atoms with Crippen molar-refractivity contribution >= 4 is 17.5 Å². The SMILES string of the molecule is CC(=O)c1ccnc(Sc2nccc(=O)[nH]2)c1. The molecule has 0 aliphatic carbocycles. The Morgan fingerprint density at radius 3 is 2.76 bits per heavy atom. The van der Waals surface area contributed by atoms with Gasteiger partial charge >= 0.3 is 0 Å². The first-order valence-electron chi connectivity index (χ1n) is 4.85. The van der Waals surface area contributed by atoms with Gasteiger partial charge < -0.3 is 4.98 Å². The predicted octanol–water partition coefficient (Wildman–Crippen LogP) is 1.52. The Labute approximate surface area is 101 Å². The summed E-state index contributed by atoms with van der Waals surface area (Å²) in [5.74, 6) is -0.0243. The predicted molar refractivity (Wildman–Crippen MR) is 63.2 cm³/mol. The van der Waals surface area contributed by atoms with Crippen LogP contribution in [0.5, 0.6) is 0 Å². The number of hydrogen-bond acceptors (Lipinski definition) is 5. The zero-order valence-corrected chi connectivity index (χ0v) is 9.82. The second kappa shape index (κ2) is 4.92. The van der Waals surface area contributed by atoms with Gasteiger partial charge in [0.15, 0.2) is 10.9 Å². The standard InChI is InChI=1S/C11H9N3O2S/c1-7(15)8-2-4-12-10(6-8)17-11-13-5-3-9(16)14-11/h2-6H,1H3,(H,13,14,16). The summed E-state index contributed by atoms with van der Waals surface area (Å²) in [7, 11) is 0. The summed E-state index contributed by atoms with van der Waals surface area (Å²) in [6.45, 7) is 1.49. The fraction of sp³-hybridized carbons (Fsp3) is 0.0909. The van der Waals surface area contributed by atoms with Crippen LogP contribution in [0.3, 0.4) is 0 Å². The Balaban J connectivity index is 2.27. The van der Waals surface area contributed by atoms with Crippen molar-refractivity contribution in [3.8, 4) is 0 Å². The van der Waals surface area contributed by atoms with Crippen LogP contribution in [0.25, 0.3) is 0 Å². The Kier molecular flexibility index (Phi) is 3.34. The molecule has 2 rings (SSSR count). The number of Topliss-reactive ketones (excluding diaryl/α,β-unsaturated/α-hetero) is 1. The maximum absolute atomic E-state index is 11.2. The Morgan fingerprint density at radius 2 is 2.06 bits per heavy atom. The molecule has 2 aromatic rings. The lowest BCUT2D eigenvalue weighted by Gasteiger charge is -2.00. The molecule has 2 aromatic heterocycles. The average Bonchev–Trinajstić information content (AvgIpc) is 2.29. The first-order valence-corrected chi connectivity index (χ1v) is 5.67. The van der Waals surface area contributed by atoms with Crippen LogP contribution in [0, 0.1) is 0 Å². The van der Waals surface area contributed by atoms with E-state index >= 15 is 0 Å². The summed E-state index contributed by atoms with van der Waals surface area (Å²) < 4.78 is 0. The molecule has 0 aromatic carbocycles. The molecule has 5 nitrogen and oxygen atoms in total. The summed E-state index contributed by atoms with van der Waals surface area (Å²) in [6.07, 6.45) is 2.98. The van der Waals surface area contributed by atoms with Crippen LogP contribution in [-0.2, 0) is 0 Å². The first kappa shape index (κ1) is 11.5. The number of hydrogen-bond donors (Lipinski definition) is 1. The largest absolute Gasteiger partial charge is 0.301 e. The fourth-order valence-electron chi connectivity index (χ4n) is 1.19. The van der Waals surface area contributed by atoms with Gasteiger partial charge in [-0.25, -0.2) is 9.97 Å². The van der Waals surface area contributed by atoms with Crippen LogP contribution in [-0.4, -0.2) is 20.7 Å². The first-order chi connectivity index (χ1) is 8.15. The molecule has 0 aliphatic heterocycles. The van der Waals surface area contributed by atoms with Gasteiger partial charge in [0.1, 0.15) is 5.03 Å². The molecule has 1 N–H and O–H groups in total. The van der Waals surface area contributed by atoms with E-state index in [2.05, 4.69) is 15.0 Å². The highest BCUT2D eigenvalue weighted by Crippen LogP contribution is 2.21. The second-order valence-corrected chi connectivity index (χ2v) is 4.29. The number of carbonyl (C=O) groups is 1. The van der Waals surface area contributed by atoms with Crippen LogP contribution in [0.15, 0.2) is 45.6 Å². The lowest BCUT2D eigenvalue weighted by molar-refractivity contribution is 0.101. The summed E-state index contributed by atoms with van der Waals surface area (Å²) in [6, 6.07) is 4.65. The number of H-pyrrole nitrogens is 1. The summed E-state index contributed by atoms with van der Waals surface area (Å²) >= 11 is 1.20. The maximum Gasteiger partial charge on any atom is 0.251 e. The lowest BCUT2D eigenvalue weighted by atomic mass is 10.2. The van der Waals surface area contributed by atoms with Crippen molar-refractivity contribution in [2.75, 3.05) is 0 Å². The molecular formula is C11H9N3O2S. The Bertz CT molecular complexity index is 609. The highest BCUT2D eigenvalue weighted by Gasteiger charge is 2.04. The topological polar surface area (TPSA) is 75.7 Å². The molecule has 0 amide bonds. The van der Waals surface area contributed by atoms with E-state index in [9.17, 15) is 9.59 Å². The number of aromatic nitrogens is 3. The van der Waals surface area contributed by atoms with Crippen molar-refractivity contribution in [1.29, 1.82) is 0 Å². The molecule has 0 spiro atoms. The van der Waals surface area contributed by atoms with Crippen LogP contribution in [0.4, 0.5) is 0 Å². The number of carbonyl (C=O) groups excluding carboxylic acids is 1. The van der Waals surface area contributed by atoms with Crippen molar-refractivity contribution in [2.24, 2.45) is 0 Å². The number of rotatable bonds is 3. The smallest absolute Gasteiger partial charge is 0.251 e. The van der Waals surface area contributed by atoms with E-state index < -0.39 is 0 Å². The van der Waals surface area contributed by atoms with Crippen LogP contribution >= 0.6 is 11.8 Å². The van der Waals surface area contributed by atoms with Crippen LogP contribution in [0.2, 0.25) is 0 Å². The van der Waals surface area contributed by atoms with E-state index in [0.717, 1.165) is 0 Å². The normalized spacial score (nSPS) is 10.2. The van der Waals surface area contributed by atoms with Gasteiger partial charge in [-0.1, -0.05) is 0 Å². The molecule has 0 saturated heterocycles. The van der Waals surface area contributed by atoms with E-state index in [1.54, 1.807) is 18.3 Å². The van der Waals surface area contributed by atoms with Gasteiger partial charge in [-0.2, -0.15) is 0 Å². The van der Waals surface area contributed by atoms with E-state index in [1.807, 2.05) is 0 Å². The third-order valence-electron chi connectivity index (χ3n) is 1.99. The molecular weight excluding hydrogens is 238 g/mol. The van der Waals surface area contributed by atoms with Gasteiger partial charge in [0, 0.05) is 24.0 Å². The number of nitrogens with zero attached hydrogens (tertiary/aromatic N) is 2. The zero-order valence-electron chi connectivity index (χ0n) is 9.01. The Hall–Kier alpha value is -1.95. The van der Waals surface area contributed by atoms with Crippen LogP contribution < -0.4 is 5.56 Å². The molecule has 86 valence electrons. The van der Waals surface area contributed by atoms with Gasteiger partial charge in [0.25, 0.3) is 5.56 Å². The summed E-state index contributed by atoms with van der Waals surface area (Å²) in [5.41, 5.74) is 0.367. The monoisotopic (exact) mass is 247 g/mol. The molecule has 2 heterocycles. The number of aromatic amines is 1. The molecule has 0 saturated carbocycles. The molecule has 17 heavy (non-hydrogen) atoms. The molecule has 6 heteroatoms. The van der Waals surface area contributed by atoms with Gasteiger partial charge in [-0.15, -0.1) is 0 Å². The van der Waals surface area contributed by atoms with Gasteiger partial charge in [-0.05, 0) is 30.8 Å². The highest BCUT2D eigenvalue weighted by molar-refractivity contribution is 7.99. The van der Waals surface area contributed by atoms with E-state index in [1.165, 1.54) is 30.9 Å². The molecule has 0 bridgehead atoms. The van der Waals surface area contributed by atoms with Gasteiger partial charge in [-0.3, -0.25) is 9.59 Å². The molecule has 0 fully saturated rings. The van der Waals surface area contributed by atoms with E-state index in [-0.39, 0.29) is 11.3 Å². The zero-order chi connectivity index (χ0) is 12.3. The maximum atomic E-state index is 11.2. The summed E-state index contributed by atoms with van der Waals surface area (Å²) in [4.78, 5) is 32.9. The van der Waals surface area contributed by atoms with Crippen molar-refractivity contribution in [2.45, 2.75) is 17.1 Å². The second-order valence-electron chi connectivity index (χ2n) is 3.28. The summed E-state index contributed by atoms with van der Waals surface area (Å²) in [5, 5.41) is 1.07. The minimum atomic E-state index is -0.217. The Morgan fingerprint density at radius 1 is 1.29 bits per heavy atom. The van der Waals surface area contributed by atoms with Crippen molar-refractivity contribution < 1.29 is 4.79 Å². The van der Waals surface area contributed by atoms with E-state index in [4.69, 9.17) is 0 Å². The number of ketones is 1. The number of nitrogens with one attached hydrogen (secondary N) is 1. The lowest BCUT2D eigenvalue weighted by Crippen LogP contribution is -2.05. The van der Waals surface area contributed by atoms with Crippen molar-refractivity contribution in [3.05, 3.63) is 46.5 Å². The number of pyridine rings is 1.